The zero-order valence-electron chi connectivity index (χ0n) is 10.8. The van der Waals surface area contributed by atoms with E-state index in [-0.39, 0.29) is 16.6 Å². The number of benzene rings is 1. The van der Waals surface area contributed by atoms with E-state index in [1.165, 1.54) is 13.0 Å². The summed E-state index contributed by atoms with van der Waals surface area (Å²) in [5, 5.41) is 18.5. The third-order valence-electron chi connectivity index (χ3n) is 2.79. The Morgan fingerprint density at radius 1 is 1.00 bits per heavy atom. The minimum Gasteiger partial charge on any atom is -0.423 e. The van der Waals surface area contributed by atoms with Gasteiger partial charge in [-0.2, -0.15) is 13.2 Å². The van der Waals surface area contributed by atoms with E-state index in [1.807, 2.05) is 0 Å². The lowest BCUT2D eigenvalue weighted by molar-refractivity contribution is -0.138. The lowest BCUT2D eigenvalue weighted by Crippen LogP contribution is -2.38. The van der Waals surface area contributed by atoms with E-state index >= 15 is 0 Å². The Morgan fingerprint density at radius 3 is 1.83 bits per heavy atom. The molecule has 0 saturated carbocycles. The molecule has 0 bridgehead atoms. The predicted octanol–water partition coefficient (Wildman–Crippen LogP) is 1.99. The van der Waals surface area contributed by atoms with Gasteiger partial charge in [0.15, 0.2) is 0 Å². The smallest absolute Gasteiger partial charge is 0.423 e. The Kier molecular flexibility index (Phi) is 3.84. The van der Waals surface area contributed by atoms with Crippen molar-refractivity contribution in [2.24, 2.45) is 0 Å². The van der Waals surface area contributed by atoms with Gasteiger partial charge in [0.25, 0.3) is 0 Å². The highest BCUT2D eigenvalue weighted by atomic mass is 19.4. The fourth-order valence-corrected chi connectivity index (χ4v) is 1.90. The first kappa shape index (κ1) is 15.1. The molecule has 100 valence electrons. The van der Waals surface area contributed by atoms with E-state index in [0.29, 0.717) is 0 Å². The van der Waals surface area contributed by atoms with Gasteiger partial charge in [0.1, 0.15) is 0 Å². The maximum Gasteiger partial charge on any atom is 0.488 e. The van der Waals surface area contributed by atoms with Crippen LogP contribution in [-0.4, -0.2) is 17.2 Å². The molecule has 0 aromatic heterocycles. The molecule has 0 aliphatic carbocycles. The largest absolute Gasteiger partial charge is 0.488 e. The van der Waals surface area contributed by atoms with Crippen molar-refractivity contribution >= 4 is 12.6 Å². The molecule has 0 aliphatic rings. The summed E-state index contributed by atoms with van der Waals surface area (Å²) < 4.78 is 38.5. The van der Waals surface area contributed by atoms with E-state index < -0.39 is 24.3 Å². The summed E-state index contributed by atoms with van der Waals surface area (Å²) in [5.74, 6) is 0. The van der Waals surface area contributed by atoms with Crippen LogP contribution in [0.15, 0.2) is 12.1 Å². The van der Waals surface area contributed by atoms with E-state index in [4.69, 9.17) is 0 Å². The Bertz CT molecular complexity index is 448. The molecule has 1 rings (SSSR count). The fourth-order valence-electron chi connectivity index (χ4n) is 1.90. The van der Waals surface area contributed by atoms with Crippen LogP contribution < -0.4 is 5.46 Å². The molecule has 0 saturated heterocycles. The average molecular weight is 260 g/mol. The summed E-state index contributed by atoms with van der Waals surface area (Å²) in [6.45, 7) is 6.48. The Balaban J connectivity index is 3.57. The molecule has 1 aromatic carbocycles. The molecule has 0 unspecified atom stereocenters. The van der Waals surface area contributed by atoms with Crippen molar-refractivity contribution in [2.45, 2.75) is 39.3 Å². The molecule has 0 fully saturated rings. The summed E-state index contributed by atoms with van der Waals surface area (Å²) in [5.41, 5.74) is -0.953. The normalized spacial score (nSPS) is 12.7. The second-order valence-electron chi connectivity index (χ2n) is 5.38. The van der Waals surface area contributed by atoms with Gasteiger partial charge < -0.3 is 10.0 Å². The fraction of sp³-hybridized carbons (Fsp3) is 0.500. The summed E-state index contributed by atoms with van der Waals surface area (Å²) in [6.07, 6.45) is -4.44. The predicted molar refractivity (Wildman–Crippen MR) is 64.7 cm³/mol. The van der Waals surface area contributed by atoms with Crippen LogP contribution in [0.1, 0.15) is 37.5 Å². The molecular formula is C12H16BF3O2. The maximum absolute atomic E-state index is 12.8. The molecule has 0 aliphatic heterocycles. The number of alkyl halides is 3. The Hall–Kier alpha value is -1.01. The third kappa shape index (κ3) is 3.06. The van der Waals surface area contributed by atoms with Crippen molar-refractivity contribution < 1.29 is 23.2 Å². The van der Waals surface area contributed by atoms with Gasteiger partial charge in [-0.15, -0.1) is 0 Å². The van der Waals surface area contributed by atoms with Crippen molar-refractivity contribution in [3.63, 3.8) is 0 Å². The SMILES string of the molecule is Cc1cc(B(O)O)c(C(C)(C)C)cc1C(F)(F)F. The van der Waals surface area contributed by atoms with Crippen LogP contribution in [0.4, 0.5) is 13.2 Å². The van der Waals surface area contributed by atoms with Gasteiger partial charge in [-0.05, 0) is 35.0 Å². The topological polar surface area (TPSA) is 40.5 Å². The quantitative estimate of drug-likeness (QED) is 0.758. The summed E-state index contributed by atoms with van der Waals surface area (Å²) >= 11 is 0. The van der Waals surface area contributed by atoms with Crippen molar-refractivity contribution in [3.8, 4) is 0 Å². The van der Waals surface area contributed by atoms with E-state index in [1.54, 1.807) is 20.8 Å². The van der Waals surface area contributed by atoms with E-state index in [2.05, 4.69) is 0 Å². The van der Waals surface area contributed by atoms with Gasteiger partial charge in [-0.25, -0.2) is 0 Å². The molecular weight excluding hydrogens is 244 g/mol. The maximum atomic E-state index is 12.8. The molecule has 18 heavy (non-hydrogen) atoms. The van der Waals surface area contributed by atoms with Gasteiger partial charge in [0.05, 0.1) is 5.56 Å². The van der Waals surface area contributed by atoms with Gasteiger partial charge in [0.2, 0.25) is 0 Å². The zero-order chi connectivity index (χ0) is 14.3. The summed E-state index contributed by atoms with van der Waals surface area (Å²) in [6, 6.07) is 2.19. The first-order valence-electron chi connectivity index (χ1n) is 5.53. The molecule has 0 heterocycles. The molecule has 0 amide bonds. The van der Waals surface area contributed by atoms with Gasteiger partial charge in [0, 0.05) is 0 Å². The van der Waals surface area contributed by atoms with E-state index in [9.17, 15) is 23.2 Å². The second kappa shape index (κ2) is 4.59. The summed E-state index contributed by atoms with van der Waals surface area (Å²) in [7, 11) is -1.78. The Morgan fingerprint density at radius 2 is 1.50 bits per heavy atom. The third-order valence-corrected chi connectivity index (χ3v) is 2.79. The average Bonchev–Trinajstić information content (AvgIpc) is 2.12. The second-order valence-corrected chi connectivity index (χ2v) is 5.38. The summed E-state index contributed by atoms with van der Waals surface area (Å²) in [4.78, 5) is 0. The number of hydrogen-bond donors (Lipinski definition) is 2. The minimum atomic E-state index is -4.44. The van der Waals surface area contributed by atoms with Crippen LogP contribution in [0.5, 0.6) is 0 Å². The number of rotatable bonds is 1. The number of hydrogen-bond acceptors (Lipinski definition) is 2. The van der Waals surface area contributed by atoms with Crippen molar-refractivity contribution in [3.05, 3.63) is 28.8 Å². The lowest BCUT2D eigenvalue weighted by atomic mass is 9.69. The molecule has 6 heteroatoms. The molecule has 0 atom stereocenters. The Labute approximate surface area is 105 Å². The highest BCUT2D eigenvalue weighted by molar-refractivity contribution is 6.59. The van der Waals surface area contributed by atoms with Crippen molar-refractivity contribution in [2.75, 3.05) is 0 Å². The molecule has 0 spiro atoms. The molecule has 1 aromatic rings. The molecule has 2 nitrogen and oxygen atoms in total. The molecule has 2 N–H and O–H groups in total. The van der Waals surface area contributed by atoms with Gasteiger partial charge in [-0.3, -0.25) is 0 Å². The lowest BCUT2D eigenvalue weighted by Gasteiger charge is -2.25. The number of halogens is 3. The number of aryl methyl sites for hydroxylation is 1. The first-order valence-corrected chi connectivity index (χ1v) is 5.53. The zero-order valence-corrected chi connectivity index (χ0v) is 10.8. The van der Waals surface area contributed by atoms with Crippen LogP contribution in [0.3, 0.4) is 0 Å². The van der Waals surface area contributed by atoms with Crippen LogP contribution in [0.2, 0.25) is 0 Å². The van der Waals surface area contributed by atoms with Gasteiger partial charge >= 0.3 is 13.3 Å². The highest BCUT2D eigenvalue weighted by Gasteiger charge is 2.35. The van der Waals surface area contributed by atoms with Crippen LogP contribution in [-0.2, 0) is 11.6 Å². The van der Waals surface area contributed by atoms with Crippen molar-refractivity contribution in [1.82, 2.24) is 0 Å². The first-order chi connectivity index (χ1) is 7.94. The highest BCUT2D eigenvalue weighted by Crippen LogP contribution is 2.34. The molecule has 0 radical (unpaired) electrons. The van der Waals surface area contributed by atoms with Crippen LogP contribution in [0.25, 0.3) is 0 Å². The van der Waals surface area contributed by atoms with Crippen LogP contribution in [0, 0.1) is 6.92 Å². The standard InChI is InChI=1S/C12H16BF3O2/c1-7-5-10(13(17)18)9(11(2,3)4)6-8(7)12(14,15)16/h5-6,17-18H,1-4H3. The van der Waals surface area contributed by atoms with Gasteiger partial charge in [-0.1, -0.05) is 26.8 Å². The minimum absolute atomic E-state index is 0.0152. The monoisotopic (exact) mass is 260 g/mol. The van der Waals surface area contributed by atoms with E-state index in [0.717, 1.165) is 6.07 Å². The van der Waals surface area contributed by atoms with Crippen molar-refractivity contribution in [1.29, 1.82) is 0 Å². The van der Waals surface area contributed by atoms with Crippen LogP contribution >= 0.6 is 0 Å².